The Morgan fingerprint density at radius 3 is 2.43 bits per heavy atom. The summed E-state index contributed by atoms with van der Waals surface area (Å²) in [7, 11) is 0. The molecule has 0 N–H and O–H groups in total. The van der Waals surface area contributed by atoms with Gasteiger partial charge in [-0.1, -0.05) is 32.0 Å². The summed E-state index contributed by atoms with van der Waals surface area (Å²) in [4.78, 5) is 16.4. The maximum atomic E-state index is 12.0. The lowest BCUT2D eigenvalue weighted by Crippen LogP contribution is -2.49. The molecule has 0 radical (unpaired) electrons. The number of carbonyl (C=O) groups excluding carboxylic acids is 1. The van der Waals surface area contributed by atoms with Crippen LogP contribution in [-0.4, -0.2) is 55.0 Å². The molecule has 1 aromatic carbocycles. The van der Waals surface area contributed by atoms with Crippen LogP contribution in [0.2, 0.25) is 0 Å². The van der Waals surface area contributed by atoms with Gasteiger partial charge < -0.3 is 9.64 Å². The minimum absolute atomic E-state index is 0.296. The zero-order chi connectivity index (χ0) is 15.1. The molecular weight excluding hydrogens is 264 g/mol. The van der Waals surface area contributed by atoms with E-state index in [2.05, 4.69) is 18.7 Å². The highest BCUT2D eigenvalue weighted by Crippen LogP contribution is 2.10. The van der Waals surface area contributed by atoms with E-state index in [-0.39, 0.29) is 0 Å². The second-order valence-electron chi connectivity index (χ2n) is 5.98. The van der Waals surface area contributed by atoms with Crippen LogP contribution >= 0.6 is 0 Å². The number of carbonyl (C=O) groups is 1. The Morgan fingerprint density at radius 2 is 1.81 bits per heavy atom. The number of nitrogens with zero attached hydrogens (tertiary/aromatic N) is 2. The number of hydrogen-bond acceptors (Lipinski definition) is 3. The average molecular weight is 290 g/mol. The molecule has 1 heterocycles. The van der Waals surface area contributed by atoms with Gasteiger partial charge in [0.25, 0.3) is 0 Å². The van der Waals surface area contributed by atoms with Crippen LogP contribution in [0.3, 0.4) is 0 Å². The summed E-state index contributed by atoms with van der Waals surface area (Å²) in [5.74, 6) is 1.66. The van der Waals surface area contributed by atoms with Gasteiger partial charge in [0.2, 0.25) is 5.91 Å². The molecule has 21 heavy (non-hydrogen) atoms. The molecular formula is C17H26N2O2. The van der Waals surface area contributed by atoms with Gasteiger partial charge in [0.05, 0.1) is 0 Å². The molecule has 4 nitrogen and oxygen atoms in total. The quantitative estimate of drug-likeness (QED) is 0.805. The van der Waals surface area contributed by atoms with E-state index in [1.54, 1.807) is 0 Å². The van der Waals surface area contributed by atoms with E-state index in [0.717, 1.165) is 38.5 Å². The van der Waals surface area contributed by atoms with Crippen molar-refractivity contribution in [2.75, 3.05) is 39.3 Å². The van der Waals surface area contributed by atoms with E-state index in [4.69, 9.17) is 4.74 Å². The predicted molar refractivity (Wildman–Crippen MR) is 84.4 cm³/mol. The van der Waals surface area contributed by atoms with Gasteiger partial charge in [0.1, 0.15) is 12.4 Å². The molecule has 1 fully saturated rings. The minimum atomic E-state index is 0.296. The van der Waals surface area contributed by atoms with Gasteiger partial charge in [0, 0.05) is 39.1 Å². The number of ether oxygens (including phenoxy) is 1. The third kappa shape index (κ3) is 5.38. The van der Waals surface area contributed by atoms with Crippen molar-refractivity contribution < 1.29 is 9.53 Å². The van der Waals surface area contributed by atoms with Crippen molar-refractivity contribution in [3.63, 3.8) is 0 Å². The van der Waals surface area contributed by atoms with E-state index in [1.165, 1.54) is 0 Å². The molecule has 2 rings (SSSR count). The fraction of sp³-hybridized carbons (Fsp3) is 0.588. The zero-order valence-corrected chi connectivity index (χ0v) is 13.1. The van der Waals surface area contributed by atoms with Crippen molar-refractivity contribution in [2.45, 2.75) is 20.3 Å². The number of benzene rings is 1. The minimum Gasteiger partial charge on any atom is -0.492 e. The third-order valence-electron chi connectivity index (χ3n) is 3.73. The first-order valence-electron chi connectivity index (χ1n) is 7.83. The maximum absolute atomic E-state index is 12.0. The normalized spacial score (nSPS) is 16.2. The lowest BCUT2D eigenvalue weighted by Gasteiger charge is -2.35. The summed E-state index contributed by atoms with van der Waals surface area (Å²) >= 11 is 0. The summed E-state index contributed by atoms with van der Waals surface area (Å²) in [5.41, 5.74) is 0. The topological polar surface area (TPSA) is 32.8 Å². The maximum Gasteiger partial charge on any atom is 0.222 e. The molecule has 0 atom stereocenters. The van der Waals surface area contributed by atoms with Crippen LogP contribution in [0.5, 0.6) is 5.75 Å². The largest absolute Gasteiger partial charge is 0.492 e. The highest BCUT2D eigenvalue weighted by atomic mass is 16.5. The number of hydrogen-bond donors (Lipinski definition) is 0. The molecule has 4 heteroatoms. The Morgan fingerprint density at radius 1 is 1.14 bits per heavy atom. The predicted octanol–water partition coefficient (Wildman–Crippen LogP) is 2.26. The summed E-state index contributed by atoms with van der Waals surface area (Å²) < 4.78 is 5.71. The molecule has 1 aliphatic rings. The lowest BCUT2D eigenvalue weighted by atomic mass is 10.1. The average Bonchev–Trinajstić information content (AvgIpc) is 2.48. The van der Waals surface area contributed by atoms with Crippen LogP contribution in [0.4, 0.5) is 0 Å². The standard InChI is InChI=1S/C17H26N2O2/c1-15(2)14-17(20)19-10-8-18(9-11-19)12-13-21-16-6-4-3-5-7-16/h3-7,15H,8-14H2,1-2H3. The summed E-state index contributed by atoms with van der Waals surface area (Å²) in [6, 6.07) is 9.90. The van der Waals surface area contributed by atoms with E-state index in [9.17, 15) is 4.79 Å². The number of piperazine rings is 1. The first-order chi connectivity index (χ1) is 10.1. The Labute approximate surface area is 127 Å². The van der Waals surface area contributed by atoms with Gasteiger partial charge in [-0.15, -0.1) is 0 Å². The molecule has 0 aromatic heterocycles. The van der Waals surface area contributed by atoms with Crippen molar-refractivity contribution in [3.8, 4) is 5.75 Å². The summed E-state index contributed by atoms with van der Waals surface area (Å²) in [5, 5.41) is 0. The summed E-state index contributed by atoms with van der Waals surface area (Å²) in [6.45, 7) is 9.38. The number of rotatable bonds is 6. The van der Waals surface area contributed by atoms with E-state index in [0.29, 0.717) is 24.9 Å². The van der Waals surface area contributed by atoms with Crippen molar-refractivity contribution in [1.82, 2.24) is 9.80 Å². The SMILES string of the molecule is CC(C)CC(=O)N1CCN(CCOc2ccccc2)CC1. The van der Waals surface area contributed by atoms with E-state index < -0.39 is 0 Å². The van der Waals surface area contributed by atoms with Crippen molar-refractivity contribution in [2.24, 2.45) is 5.92 Å². The number of para-hydroxylation sites is 1. The Balaban J connectivity index is 1.64. The molecule has 1 saturated heterocycles. The van der Waals surface area contributed by atoms with E-state index in [1.807, 2.05) is 35.2 Å². The first-order valence-corrected chi connectivity index (χ1v) is 7.83. The van der Waals surface area contributed by atoms with Crippen LogP contribution < -0.4 is 4.74 Å². The monoisotopic (exact) mass is 290 g/mol. The molecule has 0 saturated carbocycles. The fourth-order valence-corrected chi connectivity index (χ4v) is 2.51. The Bertz CT molecular complexity index is 426. The molecule has 116 valence electrons. The molecule has 1 aliphatic heterocycles. The fourth-order valence-electron chi connectivity index (χ4n) is 2.51. The van der Waals surface area contributed by atoms with Gasteiger partial charge in [-0.05, 0) is 18.1 Å². The summed E-state index contributed by atoms with van der Waals surface area (Å²) in [6.07, 6.45) is 0.664. The van der Waals surface area contributed by atoms with Crippen LogP contribution in [0.25, 0.3) is 0 Å². The molecule has 1 amide bonds. The smallest absolute Gasteiger partial charge is 0.222 e. The van der Waals surface area contributed by atoms with Crippen molar-refractivity contribution >= 4 is 5.91 Å². The van der Waals surface area contributed by atoms with Gasteiger partial charge in [0.15, 0.2) is 0 Å². The molecule has 0 aliphatic carbocycles. The first kappa shape index (κ1) is 15.8. The second-order valence-corrected chi connectivity index (χ2v) is 5.98. The van der Waals surface area contributed by atoms with E-state index >= 15 is 0 Å². The highest BCUT2D eigenvalue weighted by Gasteiger charge is 2.21. The van der Waals surface area contributed by atoms with Gasteiger partial charge in [-0.3, -0.25) is 9.69 Å². The molecule has 0 unspecified atom stereocenters. The number of amides is 1. The van der Waals surface area contributed by atoms with Crippen LogP contribution in [0.15, 0.2) is 30.3 Å². The second kappa shape index (κ2) is 8.03. The Hall–Kier alpha value is -1.55. The van der Waals surface area contributed by atoms with Crippen LogP contribution in [-0.2, 0) is 4.79 Å². The van der Waals surface area contributed by atoms with Gasteiger partial charge in [-0.25, -0.2) is 0 Å². The van der Waals surface area contributed by atoms with Gasteiger partial charge >= 0.3 is 0 Å². The lowest BCUT2D eigenvalue weighted by molar-refractivity contribution is -0.133. The third-order valence-corrected chi connectivity index (χ3v) is 3.73. The van der Waals surface area contributed by atoms with Crippen molar-refractivity contribution in [3.05, 3.63) is 30.3 Å². The molecule has 1 aromatic rings. The molecule has 0 spiro atoms. The van der Waals surface area contributed by atoms with Crippen LogP contribution in [0.1, 0.15) is 20.3 Å². The highest BCUT2D eigenvalue weighted by molar-refractivity contribution is 5.76. The Kier molecular flexibility index (Phi) is 6.05. The van der Waals surface area contributed by atoms with Crippen LogP contribution in [0, 0.1) is 5.92 Å². The molecule has 0 bridgehead atoms. The zero-order valence-electron chi connectivity index (χ0n) is 13.1. The van der Waals surface area contributed by atoms with Gasteiger partial charge in [-0.2, -0.15) is 0 Å². The van der Waals surface area contributed by atoms with Crippen molar-refractivity contribution in [1.29, 1.82) is 0 Å².